The molecule has 1 fully saturated rings. The van der Waals surface area contributed by atoms with Gasteiger partial charge in [-0.25, -0.2) is 0 Å². The third-order valence-corrected chi connectivity index (χ3v) is 4.45. The van der Waals surface area contributed by atoms with Crippen molar-refractivity contribution in [3.8, 4) is 0 Å². The minimum Gasteiger partial charge on any atom is -0.384 e. The molecule has 0 saturated carbocycles. The van der Waals surface area contributed by atoms with Crippen LogP contribution < -0.4 is 4.90 Å². The van der Waals surface area contributed by atoms with Crippen LogP contribution in [-0.2, 0) is 5.60 Å². The zero-order chi connectivity index (χ0) is 12.6. The number of hydrogen-bond donors (Lipinski definition) is 2. The molecule has 2 nitrogen and oxygen atoms in total. The summed E-state index contributed by atoms with van der Waals surface area (Å²) in [5.74, 6) is 0.307. The van der Waals surface area contributed by atoms with Gasteiger partial charge in [-0.2, -0.15) is 0 Å². The van der Waals surface area contributed by atoms with Crippen LogP contribution >= 0.6 is 0 Å². The van der Waals surface area contributed by atoms with Gasteiger partial charge in [-0.1, -0.05) is 36.8 Å². The van der Waals surface area contributed by atoms with E-state index in [-0.39, 0.29) is 0 Å². The topological polar surface area (TPSA) is 24.7 Å². The first-order chi connectivity index (χ1) is 7.93. The van der Waals surface area contributed by atoms with E-state index < -0.39 is 5.60 Å². The lowest BCUT2D eigenvalue weighted by Crippen LogP contribution is -3.15. The zero-order valence-corrected chi connectivity index (χ0v) is 11.3. The van der Waals surface area contributed by atoms with Crippen LogP contribution in [0.4, 0.5) is 0 Å². The summed E-state index contributed by atoms with van der Waals surface area (Å²) >= 11 is 0. The fourth-order valence-electron chi connectivity index (χ4n) is 2.94. The van der Waals surface area contributed by atoms with Crippen LogP contribution in [0.2, 0.25) is 0 Å². The number of quaternary nitrogens is 1. The maximum atomic E-state index is 11.0. The number of piperidine rings is 1. The number of hydrogen-bond acceptors (Lipinski definition) is 1. The van der Waals surface area contributed by atoms with Gasteiger partial charge in [0, 0.05) is 12.3 Å². The summed E-state index contributed by atoms with van der Waals surface area (Å²) in [5, 5.41) is 11.0. The molecule has 2 N–H and O–H groups in total. The van der Waals surface area contributed by atoms with Crippen molar-refractivity contribution < 1.29 is 10.0 Å². The van der Waals surface area contributed by atoms with Gasteiger partial charge in [0.25, 0.3) is 0 Å². The summed E-state index contributed by atoms with van der Waals surface area (Å²) in [6.07, 6.45) is 0.850. The van der Waals surface area contributed by atoms with Crippen molar-refractivity contribution in [2.75, 3.05) is 13.6 Å². The van der Waals surface area contributed by atoms with E-state index in [4.69, 9.17) is 0 Å². The average Bonchev–Trinajstić information content (AvgIpc) is 2.27. The highest BCUT2D eigenvalue weighted by molar-refractivity contribution is 5.27. The van der Waals surface area contributed by atoms with E-state index >= 15 is 0 Å². The lowest BCUT2D eigenvalue weighted by molar-refractivity contribution is -0.916. The molecule has 1 aromatic rings. The number of aryl methyl sites for hydroxylation is 1. The number of likely N-dealkylation sites (tertiary alicyclic amines) is 1. The molecule has 0 aromatic heterocycles. The predicted octanol–water partition coefficient (Wildman–Crippen LogP) is 1.13. The molecule has 1 aromatic carbocycles. The molecule has 94 valence electrons. The highest BCUT2D eigenvalue weighted by Crippen LogP contribution is 2.35. The third kappa shape index (κ3) is 2.24. The first-order valence-electron chi connectivity index (χ1n) is 6.55. The van der Waals surface area contributed by atoms with E-state index in [1.165, 1.54) is 10.5 Å². The molecule has 17 heavy (non-hydrogen) atoms. The molecule has 2 rings (SSSR count). The van der Waals surface area contributed by atoms with E-state index in [0.717, 1.165) is 18.5 Å². The van der Waals surface area contributed by atoms with Gasteiger partial charge in [0.15, 0.2) is 0 Å². The second-order valence-electron chi connectivity index (χ2n) is 5.85. The molecule has 1 unspecified atom stereocenters. The second kappa shape index (κ2) is 4.43. The van der Waals surface area contributed by atoms with Crippen molar-refractivity contribution in [2.45, 2.75) is 38.8 Å². The second-order valence-corrected chi connectivity index (χ2v) is 5.85. The van der Waals surface area contributed by atoms with Crippen LogP contribution in [-0.4, -0.2) is 24.7 Å². The predicted molar refractivity (Wildman–Crippen MR) is 70.1 cm³/mol. The van der Waals surface area contributed by atoms with Crippen molar-refractivity contribution in [3.63, 3.8) is 0 Å². The number of rotatable bonds is 1. The third-order valence-electron chi connectivity index (χ3n) is 4.45. The van der Waals surface area contributed by atoms with E-state index in [1.807, 2.05) is 0 Å². The van der Waals surface area contributed by atoms with E-state index in [0.29, 0.717) is 12.0 Å². The Morgan fingerprint density at radius 3 is 2.41 bits per heavy atom. The van der Waals surface area contributed by atoms with Gasteiger partial charge in [-0.15, -0.1) is 0 Å². The molecule has 0 amide bonds. The monoisotopic (exact) mass is 234 g/mol. The van der Waals surface area contributed by atoms with Crippen molar-refractivity contribution in [1.82, 2.24) is 0 Å². The fraction of sp³-hybridized carbons (Fsp3) is 0.600. The highest BCUT2D eigenvalue weighted by Gasteiger charge is 2.44. The van der Waals surface area contributed by atoms with Crippen molar-refractivity contribution in [2.24, 2.45) is 5.92 Å². The smallest absolute Gasteiger partial charge is 0.103 e. The normalized spacial score (nSPS) is 38.1. The highest BCUT2D eigenvalue weighted by atomic mass is 16.3. The van der Waals surface area contributed by atoms with Gasteiger partial charge in [-0.05, 0) is 19.4 Å². The molecule has 0 spiro atoms. The SMILES string of the molecule is Cc1ccc([C@]2(O)C[C@@H](C)[NH+](C)C[C@@H]2C)cc1. The average molecular weight is 234 g/mol. The number of aliphatic hydroxyl groups is 1. The molecule has 1 saturated heterocycles. The van der Waals surface area contributed by atoms with Crippen LogP contribution in [0, 0.1) is 12.8 Å². The van der Waals surface area contributed by atoms with Crippen LogP contribution in [0.5, 0.6) is 0 Å². The molecule has 2 heteroatoms. The van der Waals surface area contributed by atoms with Gasteiger partial charge in [0.2, 0.25) is 0 Å². The number of benzene rings is 1. The van der Waals surface area contributed by atoms with Crippen molar-refractivity contribution in [3.05, 3.63) is 35.4 Å². The Kier molecular flexibility index (Phi) is 3.28. The zero-order valence-electron chi connectivity index (χ0n) is 11.3. The quantitative estimate of drug-likeness (QED) is 0.748. The van der Waals surface area contributed by atoms with Gasteiger partial charge in [0.1, 0.15) is 5.60 Å². The Bertz CT molecular complexity index is 386. The van der Waals surface area contributed by atoms with Crippen LogP contribution in [0.1, 0.15) is 31.4 Å². The minimum absolute atomic E-state index is 0.307. The summed E-state index contributed by atoms with van der Waals surface area (Å²) < 4.78 is 0. The molecule has 1 heterocycles. The van der Waals surface area contributed by atoms with Gasteiger partial charge in [0.05, 0.1) is 19.6 Å². The molecule has 4 atom stereocenters. The first kappa shape index (κ1) is 12.6. The van der Waals surface area contributed by atoms with Gasteiger partial charge in [-0.3, -0.25) is 0 Å². The minimum atomic E-state index is -0.646. The van der Waals surface area contributed by atoms with Crippen LogP contribution in [0.25, 0.3) is 0 Å². The maximum absolute atomic E-state index is 11.0. The lowest BCUT2D eigenvalue weighted by Gasteiger charge is -2.43. The van der Waals surface area contributed by atoms with Crippen molar-refractivity contribution >= 4 is 0 Å². The van der Waals surface area contributed by atoms with Crippen LogP contribution in [0.15, 0.2) is 24.3 Å². The maximum Gasteiger partial charge on any atom is 0.103 e. The standard InChI is InChI=1S/C15H23NO/c1-11-5-7-14(8-6-11)15(17)9-13(3)16(4)10-12(15)2/h5-8,12-13,17H,9-10H2,1-4H3/p+1/t12-,13+,15-/m0/s1. The Hall–Kier alpha value is -0.860. The summed E-state index contributed by atoms with van der Waals surface area (Å²) in [7, 11) is 2.22. The summed E-state index contributed by atoms with van der Waals surface area (Å²) in [5.41, 5.74) is 1.68. The van der Waals surface area contributed by atoms with Gasteiger partial charge >= 0.3 is 0 Å². The van der Waals surface area contributed by atoms with Gasteiger partial charge < -0.3 is 10.0 Å². The molecule has 0 bridgehead atoms. The molecular formula is C15H24NO+. The lowest BCUT2D eigenvalue weighted by atomic mass is 9.74. The summed E-state index contributed by atoms with van der Waals surface area (Å²) in [4.78, 5) is 1.52. The van der Waals surface area contributed by atoms with Crippen LogP contribution in [0.3, 0.4) is 0 Å². The summed E-state index contributed by atoms with van der Waals surface area (Å²) in [6, 6.07) is 8.86. The van der Waals surface area contributed by atoms with Crippen molar-refractivity contribution in [1.29, 1.82) is 0 Å². The fourth-order valence-corrected chi connectivity index (χ4v) is 2.94. The summed E-state index contributed by atoms with van der Waals surface area (Å²) in [6.45, 7) is 7.50. The van der Waals surface area contributed by atoms with E-state index in [2.05, 4.69) is 52.1 Å². The molecular weight excluding hydrogens is 210 g/mol. The Morgan fingerprint density at radius 1 is 1.24 bits per heavy atom. The number of nitrogens with one attached hydrogen (secondary N) is 1. The van der Waals surface area contributed by atoms with E-state index in [9.17, 15) is 5.11 Å². The molecule has 0 aliphatic carbocycles. The Morgan fingerprint density at radius 2 is 1.82 bits per heavy atom. The molecule has 0 radical (unpaired) electrons. The Labute approximate surface area is 104 Å². The van der Waals surface area contributed by atoms with E-state index in [1.54, 1.807) is 0 Å². The largest absolute Gasteiger partial charge is 0.384 e. The first-order valence-corrected chi connectivity index (χ1v) is 6.55. The molecule has 1 aliphatic heterocycles. The molecule has 1 aliphatic rings. The Balaban J connectivity index is 2.31.